The third-order valence-corrected chi connectivity index (χ3v) is 11.1. The van der Waals surface area contributed by atoms with Crippen molar-refractivity contribution < 1.29 is 52.3 Å². The van der Waals surface area contributed by atoms with Gasteiger partial charge in [0.2, 0.25) is 28.5 Å². The second-order valence-corrected chi connectivity index (χ2v) is 17.7. The number of nitrogens with two attached hydrogens (primary N) is 1. The van der Waals surface area contributed by atoms with Crippen molar-refractivity contribution in [2.75, 3.05) is 0 Å². The van der Waals surface area contributed by atoms with Crippen molar-refractivity contribution in [3.63, 3.8) is 0 Å². The first-order chi connectivity index (χ1) is 34.1. The van der Waals surface area contributed by atoms with Gasteiger partial charge in [-0.05, 0) is 35.9 Å². The first-order valence-electron chi connectivity index (χ1n) is 22.3. The molecule has 6 aromatic heterocycles. The van der Waals surface area contributed by atoms with Crippen molar-refractivity contribution in [3.05, 3.63) is 149 Å². The monoisotopic (exact) mass is 994 g/mol. The number of nitrogens with zero attached hydrogens (tertiary/aromatic N) is 6. The van der Waals surface area contributed by atoms with Crippen LogP contribution in [0.15, 0.2) is 112 Å². The predicted molar refractivity (Wildman–Crippen MR) is 262 cm³/mol. The van der Waals surface area contributed by atoms with Gasteiger partial charge in [-0.3, -0.25) is 58.3 Å². The molecule has 0 saturated heterocycles. The molecule has 7 aromatic rings. The molecule has 1 aromatic carbocycles. The Bertz CT molecular complexity index is 3400. The summed E-state index contributed by atoms with van der Waals surface area (Å²) in [6.45, 7) is 14.8. The maximum Gasteiger partial charge on any atom is 0.255 e. The normalized spacial score (nSPS) is 13.3. The average molecular weight is 995 g/mol. The lowest BCUT2D eigenvalue weighted by Crippen LogP contribution is -2.33. The maximum atomic E-state index is 12.0. The molecule has 72 heavy (non-hydrogen) atoms. The number of Topliss-reactive ketones (excluding diaryl/α,β-unsaturated/α-hetero) is 4. The Morgan fingerprint density at radius 3 is 1.68 bits per heavy atom. The number of aromatic nitrogens is 6. The van der Waals surface area contributed by atoms with Crippen LogP contribution in [0, 0.1) is 11.8 Å². The molecule has 6 heterocycles. The largest absolute Gasteiger partial charge is 0.507 e. The van der Waals surface area contributed by atoms with Gasteiger partial charge in [-0.2, -0.15) is 0 Å². The van der Waals surface area contributed by atoms with E-state index in [0.29, 0.717) is 50.9 Å². The Balaban J connectivity index is 0.000000152. The molecule has 20 heteroatoms. The summed E-state index contributed by atoms with van der Waals surface area (Å²) in [4.78, 5) is 116. The number of hydrogen-bond donors (Lipinski definition) is 3. The van der Waals surface area contributed by atoms with Gasteiger partial charge in [0.25, 0.3) is 5.78 Å². The van der Waals surface area contributed by atoms with E-state index in [1.165, 1.54) is 55.4 Å². The topological polar surface area (TPSA) is 298 Å². The minimum absolute atomic E-state index is 0.0131. The number of carbonyl (C=O) groups excluding carboxylic acids is 8. The van der Waals surface area contributed by atoms with E-state index in [9.17, 15) is 43.5 Å². The number of amides is 1. The van der Waals surface area contributed by atoms with Gasteiger partial charge in [0.1, 0.15) is 11.3 Å². The van der Waals surface area contributed by atoms with Crippen molar-refractivity contribution in [1.29, 1.82) is 0 Å². The fraction of sp³-hybridized carbons (Fsp3) is 0.231. The average Bonchev–Trinajstić information content (AvgIpc) is 4.02. The molecular formula is C52H47ClN8O11. The van der Waals surface area contributed by atoms with Crippen LogP contribution in [0.5, 0.6) is 5.75 Å². The molecule has 4 N–H and O–H groups in total. The van der Waals surface area contributed by atoms with Crippen LogP contribution in [0.25, 0.3) is 33.2 Å². The zero-order chi connectivity index (χ0) is 52.7. The highest BCUT2D eigenvalue weighted by Crippen LogP contribution is 2.36. The van der Waals surface area contributed by atoms with Crippen molar-refractivity contribution in [1.82, 2.24) is 35.2 Å². The van der Waals surface area contributed by atoms with Crippen LogP contribution in [-0.4, -0.2) is 80.9 Å². The molecule has 19 nitrogen and oxygen atoms in total. The lowest BCUT2D eigenvalue weighted by Gasteiger charge is -2.16. The van der Waals surface area contributed by atoms with Crippen molar-refractivity contribution in [2.24, 2.45) is 17.6 Å². The van der Waals surface area contributed by atoms with E-state index in [-0.39, 0.29) is 91.9 Å². The summed E-state index contributed by atoms with van der Waals surface area (Å²) >= 11 is 4.97. The van der Waals surface area contributed by atoms with Crippen LogP contribution >= 0.6 is 11.6 Å². The van der Waals surface area contributed by atoms with E-state index < -0.39 is 11.6 Å². The van der Waals surface area contributed by atoms with Crippen molar-refractivity contribution in [3.8, 4) is 17.1 Å². The molecule has 0 radical (unpaired) electrons. The lowest BCUT2D eigenvalue weighted by atomic mass is 9.93. The maximum absolute atomic E-state index is 12.0. The van der Waals surface area contributed by atoms with E-state index in [0.717, 1.165) is 22.9 Å². The molecule has 0 spiro atoms. The van der Waals surface area contributed by atoms with Gasteiger partial charge in [0.05, 0.1) is 22.5 Å². The van der Waals surface area contributed by atoms with E-state index >= 15 is 0 Å². The Morgan fingerprint density at radius 2 is 1.11 bits per heavy atom. The van der Waals surface area contributed by atoms with Crippen molar-refractivity contribution in [2.45, 2.75) is 67.2 Å². The third-order valence-electron chi connectivity index (χ3n) is 10.6. The summed E-state index contributed by atoms with van der Waals surface area (Å²) in [5.74, 6) is -1.03. The quantitative estimate of drug-likeness (QED) is 0.108. The number of carbonyl (C=O) groups is 8. The summed E-state index contributed by atoms with van der Waals surface area (Å²) in [6.07, 6.45) is 14.3. The van der Waals surface area contributed by atoms with Gasteiger partial charge in [-0.25, -0.2) is 9.97 Å². The molecular weight excluding hydrogens is 948 g/mol. The number of fused-ring (bicyclic) bond motifs is 8. The molecule has 0 unspecified atom stereocenters. The Morgan fingerprint density at radius 1 is 0.597 bits per heavy atom. The molecule has 1 amide bonds. The Hall–Kier alpha value is -8.71. The van der Waals surface area contributed by atoms with E-state index in [1.807, 2.05) is 27.7 Å². The zero-order valence-corrected chi connectivity index (χ0v) is 40.9. The SMILES string of the molecule is CC(C)C(=O)Cl.CC(C)C(=O)NC1=CC(=O)c2ccncc2C1=O.CC(C)c1nc2c(o1)-c1cnccc1C(=O)C2=O.CC(C)c1nc2cc(O)c3ccncc3c2o1.NC1=CC(=O)c2ccncc2C1=O. The summed E-state index contributed by atoms with van der Waals surface area (Å²) in [6, 6.07) is 7.93. The number of benzene rings is 1. The second-order valence-electron chi connectivity index (χ2n) is 17.3. The van der Waals surface area contributed by atoms with Gasteiger partial charge < -0.3 is 25.0 Å². The Kier molecular flexibility index (Phi) is 16.4. The van der Waals surface area contributed by atoms with Crippen LogP contribution < -0.4 is 11.1 Å². The highest BCUT2D eigenvalue weighted by atomic mass is 35.5. The minimum Gasteiger partial charge on any atom is -0.507 e. The van der Waals surface area contributed by atoms with Gasteiger partial charge in [-0.15, -0.1) is 0 Å². The van der Waals surface area contributed by atoms with Gasteiger partial charge >= 0.3 is 0 Å². The first-order valence-corrected chi connectivity index (χ1v) is 22.6. The van der Waals surface area contributed by atoms with Crippen LogP contribution in [-0.2, 0) is 9.59 Å². The molecule has 10 rings (SSSR count). The zero-order valence-electron chi connectivity index (χ0n) is 40.1. The summed E-state index contributed by atoms with van der Waals surface area (Å²) in [5.41, 5.74) is 8.86. The highest BCUT2D eigenvalue weighted by Gasteiger charge is 2.36. The number of ketones is 6. The minimum atomic E-state index is -0.612. The number of hydrogen-bond acceptors (Lipinski definition) is 18. The molecule has 368 valence electrons. The van der Waals surface area contributed by atoms with Crippen LogP contribution in [0.4, 0.5) is 0 Å². The summed E-state index contributed by atoms with van der Waals surface area (Å²) in [7, 11) is 0. The Labute approximate surface area is 416 Å². The van der Waals surface area contributed by atoms with Gasteiger partial charge in [0.15, 0.2) is 40.4 Å². The second kappa shape index (κ2) is 22.4. The summed E-state index contributed by atoms with van der Waals surface area (Å²) < 4.78 is 11.3. The number of nitrogens with one attached hydrogen (secondary N) is 1. The molecule has 0 fully saturated rings. The number of phenolic OH excluding ortho intramolecular Hbond substituents is 1. The van der Waals surface area contributed by atoms with Gasteiger partial charge in [-0.1, -0.05) is 55.4 Å². The third kappa shape index (κ3) is 11.5. The number of oxazole rings is 2. The van der Waals surface area contributed by atoms with Crippen LogP contribution in [0.3, 0.4) is 0 Å². The molecule has 0 aliphatic heterocycles. The molecule has 0 bridgehead atoms. The molecule has 0 atom stereocenters. The molecule has 3 aliphatic carbocycles. The highest BCUT2D eigenvalue weighted by molar-refractivity contribution is 6.63. The lowest BCUT2D eigenvalue weighted by molar-refractivity contribution is -0.123. The number of phenols is 1. The number of halogens is 1. The van der Waals surface area contributed by atoms with E-state index in [4.69, 9.17) is 26.2 Å². The van der Waals surface area contributed by atoms with E-state index in [1.54, 1.807) is 52.2 Å². The predicted octanol–water partition coefficient (Wildman–Crippen LogP) is 8.27. The first kappa shape index (κ1) is 52.7. The fourth-order valence-electron chi connectivity index (χ4n) is 6.63. The van der Waals surface area contributed by atoms with Crippen LogP contribution in [0.1, 0.15) is 141 Å². The van der Waals surface area contributed by atoms with Crippen LogP contribution in [0.2, 0.25) is 0 Å². The number of rotatable bonds is 5. The van der Waals surface area contributed by atoms with Gasteiger partial charge in [0, 0.05) is 124 Å². The number of allylic oxidation sites excluding steroid dienone is 4. The van der Waals surface area contributed by atoms with Crippen molar-refractivity contribution >= 4 is 79.3 Å². The summed E-state index contributed by atoms with van der Waals surface area (Å²) in [5, 5.41) is 13.6. The van der Waals surface area contributed by atoms with E-state index in [2.05, 4.69) is 35.2 Å². The smallest absolute Gasteiger partial charge is 0.255 e. The molecule has 3 aliphatic rings. The standard InChI is InChI=1S/C13H10N2O3.C13H12N2O3.C13H12N2O2.C9H6N2O2.C4H7ClO/c1-6(2)13-15-9-11(17)10(16)7-3-4-14-5-8(7)12(9)18-13;1-7(2)13(18)15-10-5-11(16)8-3-4-14-6-9(8)12(10)17;1-7(2)13-15-10-5-11(16)8-3-4-14-6-9(8)12(10)17-13;10-7-3-8(12)5-1-2-11-4-6(5)9(7)13;1-3(2)4(5)6/h3-6H,1-2H3;3-7H,1-2H3,(H,15,18);3-7,16H,1-2H3;1-4H,10H2;3H,1-2H3. The number of aromatic hydroxyl groups is 1. The number of pyridine rings is 4. The molecule has 0 saturated carbocycles. The fourth-order valence-corrected chi connectivity index (χ4v) is 6.63.